The van der Waals surface area contributed by atoms with Crippen molar-refractivity contribution in [2.45, 2.75) is 46.0 Å². The number of hydrogen-bond donors (Lipinski definition) is 1. The van der Waals surface area contributed by atoms with Crippen molar-refractivity contribution in [3.8, 4) is 0 Å². The maximum absolute atomic E-state index is 12.2. The summed E-state index contributed by atoms with van der Waals surface area (Å²) in [6, 6.07) is 10.4. The zero-order valence-corrected chi connectivity index (χ0v) is 17.7. The van der Waals surface area contributed by atoms with Crippen LogP contribution in [0.2, 0.25) is 0 Å². The molecule has 0 spiro atoms. The number of rotatable bonds is 13. The van der Waals surface area contributed by atoms with E-state index in [-0.39, 0.29) is 5.91 Å². The van der Waals surface area contributed by atoms with Gasteiger partial charge in [0.2, 0.25) is 5.91 Å². The smallest absolute Gasteiger partial charge is 0.239 e. The Hall–Kier alpha value is -2.07. The number of unbranched alkanes of at least 4 members (excludes halogenated alkanes) is 2. The van der Waals surface area contributed by atoms with Crippen molar-refractivity contribution in [3.63, 3.8) is 0 Å². The maximum atomic E-state index is 12.2. The van der Waals surface area contributed by atoms with Crippen molar-refractivity contribution in [3.05, 3.63) is 54.2 Å². The van der Waals surface area contributed by atoms with Crippen molar-refractivity contribution in [2.75, 3.05) is 39.3 Å². The summed E-state index contributed by atoms with van der Waals surface area (Å²) < 4.78 is 0. The van der Waals surface area contributed by atoms with Gasteiger partial charge in [0.15, 0.2) is 0 Å². The van der Waals surface area contributed by atoms with Crippen LogP contribution in [0, 0.1) is 0 Å². The molecule has 0 bridgehead atoms. The highest BCUT2D eigenvalue weighted by Crippen LogP contribution is 2.18. The molecule has 4 nitrogen and oxygen atoms in total. The first-order chi connectivity index (χ1) is 13.7. The predicted molar refractivity (Wildman–Crippen MR) is 119 cm³/mol. The second-order valence-electron chi connectivity index (χ2n) is 7.52. The summed E-state index contributed by atoms with van der Waals surface area (Å²) in [5.74, 6) is 0.106. The molecular weight excluding hydrogens is 346 g/mol. The van der Waals surface area contributed by atoms with E-state index in [9.17, 15) is 4.79 Å². The zero-order valence-electron chi connectivity index (χ0n) is 17.7. The summed E-state index contributed by atoms with van der Waals surface area (Å²) in [7, 11) is 0. The van der Waals surface area contributed by atoms with Gasteiger partial charge < -0.3 is 15.1 Å². The molecule has 0 aromatic heterocycles. The number of carbonyl (C=O) groups excluding carboxylic acids is 1. The highest BCUT2D eigenvalue weighted by atomic mass is 16.2. The highest BCUT2D eigenvalue weighted by molar-refractivity contribution is 5.79. The average molecular weight is 384 g/mol. The molecule has 2 rings (SSSR count). The van der Waals surface area contributed by atoms with Gasteiger partial charge in [0.05, 0.1) is 6.54 Å². The second-order valence-corrected chi connectivity index (χ2v) is 7.52. The fraction of sp³-hybridized carbons (Fsp3) is 0.542. The summed E-state index contributed by atoms with van der Waals surface area (Å²) in [6.07, 6.45) is 12.3. The lowest BCUT2D eigenvalue weighted by atomic mass is 10.0. The molecule has 0 saturated heterocycles. The maximum Gasteiger partial charge on any atom is 0.239 e. The summed E-state index contributed by atoms with van der Waals surface area (Å²) in [5.41, 5.74) is 2.44. The third-order valence-electron chi connectivity index (χ3n) is 5.09. The van der Waals surface area contributed by atoms with Gasteiger partial charge in [0.25, 0.3) is 0 Å². The summed E-state index contributed by atoms with van der Waals surface area (Å²) >= 11 is 0. The molecule has 0 aliphatic carbocycles. The van der Waals surface area contributed by atoms with Crippen LogP contribution in [0.25, 0.3) is 5.57 Å². The lowest BCUT2D eigenvalue weighted by Gasteiger charge is -2.23. The molecule has 1 amide bonds. The third kappa shape index (κ3) is 8.30. The van der Waals surface area contributed by atoms with E-state index in [1.165, 1.54) is 49.9 Å². The first-order valence-corrected chi connectivity index (χ1v) is 10.9. The van der Waals surface area contributed by atoms with Gasteiger partial charge in [-0.15, -0.1) is 0 Å². The van der Waals surface area contributed by atoms with Crippen LogP contribution in [0.4, 0.5) is 0 Å². The van der Waals surface area contributed by atoms with Crippen LogP contribution in [0.15, 0.2) is 48.7 Å². The Labute approximate surface area is 171 Å². The van der Waals surface area contributed by atoms with Crippen LogP contribution in [-0.4, -0.2) is 55.0 Å². The highest BCUT2D eigenvalue weighted by Gasteiger charge is 2.10. The lowest BCUT2D eigenvalue weighted by molar-refractivity contribution is -0.121. The second kappa shape index (κ2) is 13.2. The quantitative estimate of drug-likeness (QED) is 0.516. The molecular formula is C24H37N3O. The van der Waals surface area contributed by atoms with Crippen molar-refractivity contribution < 1.29 is 4.79 Å². The van der Waals surface area contributed by atoms with Gasteiger partial charge in [-0.3, -0.25) is 4.79 Å². The standard InChI is InChI=1S/C24H37N3O/c1-3-5-16-26(17-6-4-2)18-10-15-25-24(28)21-27-19-13-23(14-20-27)22-11-8-7-9-12-22/h7-9,11-14,19H,3-6,10,15-18,20-21H2,1-2H3,(H,25,28). The largest absolute Gasteiger partial charge is 0.364 e. The Bertz CT molecular complexity index is 616. The number of benzene rings is 1. The fourth-order valence-electron chi connectivity index (χ4n) is 3.36. The molecule has 1 aliphatic heterocycles. The van der Waals surface area contributed by atoms with Crippen LogP contribution in [0.1, 0.15) is 51.5 Å². The van der Waals surface area contributed by atoms with E-state index >= 15 is 0 Å². The molecule has 0 unspecified atom stereocenters. The minimum absolute atomic E-state index is 0.106. The van der Waals surface area contributed by atoms with Crippen LogP contribution >= 0.6 is 0 Å². The molecule has 1 heterocycles. The molecule has 4 heteroatoms. The Kier molecular flexibility index (Phi) is 10.4. The van der Waals surface area contributed by atoms with E-state index in [2.05, 4.69) is 65.4 Å². The van der Waals surface area contributed by atoms with Crippen LogP contribution < -0.4 is 5.32 Å². The number of allylic oxidation sites excluding steroid dienone is 2. The van der Waals surface area contributed by atoms with E-state index in [4.69, 9.17) is 0 Å². The van der Waals surface area contributed by atoms with Gasteiger partial charge in [-0.05, 0) is 56.1 Å². The van der Waals surface area contributed by atoms with Crippen LogP contribution in [0.5, 0.6) is 0 Å². The average Bonchev–Trinajstić information content (AvgIpc) is 2.73. The van der Waals surface area contributed by atoms with Gasteiger partial charge in [0, 0.05) is 19.3 Å². The molecule has 1 aliphatic rings. The van der Waals surface area contributed by atoms with Crippen LogP contribution in [0.3, 0.4) is 0 Å². The van der Waals surface area contributed by atoms with E-state index in [1.54, 1.807) is 0 Å². The minimum atomic E-state index is 0.106. The van der Waals surface area contributed by atoms with Gasteiger partial charge in [-0.1, -0.05) is 63.1 Å². The van der Waals surface area contributed by atoms with Crippen molar-refractivity contribution >= 4 is 11.5 Å². The van der Waals surface area contributed by atoms with Crippen molar-refractivity contribution in [1.29, 1.82) is 0 Å². The van der Waals surface area contributed by atoms with Gasteiger partial charge >= 0.3 is 0 Å². The topological polar surface area (TPSA) is 35.6 Å². The molecule has 1 aromatic carbocycles. The summed E-state index contributed by atoms with van der Waals surface area (Å²) in [5, 5.41) is 3.08. The third-order valence-corrected chi connectivity index (χ3v) is 5.09. The molecule has 154 valence electrons. The Morgan fingerprint density at radius 2 is 1.71 bits per heavy atom. The Morgan fingerprint density at radius 3 is 2.32 bits per heavy atom. The molecule has 0 radical (unpaired) electrons. The molecule has 28 heavy (non-hydrogen) atoms. The SMILES string of the molecule is CCCCN(CCCC)CCCNC(=O)CN1C=CC(c2ccccc2)=CC1. The first-order valence-electron chi connectivity index (χ1n) is 10.9. The van der Waals surface area contributed by atoms with Crippen molar-refractivity contribution in [2.24, 2.45) is 0 Å². The molecule has 1 aromatic rings. The lowest BCUT2D eigenvalue weighted by Crippen LogP contribution is -2.37. The number of carbonyl (C=O) groups is 1. The van der Waals surface area contributed by atoms with Crippen LogP contribution in [-0.2, 0) is 4.79 Å². The number of hydrogen-bond acceptors (Lipinski definition) is 3. The summed E-state index contributed by atoms with van der Waals surface area (Å²) in [6.45, 7) is 9.87. The molecule has 1 N–H and O–H groups in total. The molecule has 0 fully saturated rings. The fourth-order valence-corrected chi connectivity index (χ4v) is 3.36. The van der Waals surface area contributed by atoms with Gasteiger partial charge in [0.1, 0.15) is 0 Å². The number of nitrogens with one attached hydrogen (secondary N) is 1. The number of amides is 1. The Balaban J connectivity index is 1.63. The zero-order chi connectivity index (χ0) is 20.0. The summed E-state index contributed by atoms with van der Waals surface area (Å²) in [4.78, 5) is 16.8. The van der Waals surface area contributed by atoms with E-state index < -0.39 is 0 Å². The molecule has 0 atom stereocenters. The van der Waals surface area contributed by atoms with Crippen molar-refractivity contribution in [1.82, 2.24) is 15.1 Å². The first kappa shape index (κ1) is 22.2. The Morgan fingerprint density at radius 1 is 1.04 bits per heavy atom. The van der Waals surface area contributed by atoms with E-state index in [0.29, 0.717) is 6.54 Å². The van der Waals surface area contributed by atoms with E-state index in [1.807, 2.05) is 12.3 Å². The van der Waals surface area contributed by atoms with Gasteiger partial charge in [-0.25, -0.2) is 0 Å². The van der Waals surface area contributed by atoms with Gasteiger partial charge in [-0.2, -0.15) is 0 Å². The number of nitrogens with zero attached hydrogens (tertiary/aromatic N) is 2. The predicted octanol–water partition coefficient (Wildman–Crippen LogP) is 4.31. The normalized spacial score (nSPS) is 13.7. The van der Waals surface area contributed by atoms with E-state index in [0.717, 1.165) is 26.1 Å². The monoisotopic (exact) mass is 383 g/mol. The molecule has 0 saturated carbocycles. The minimum Gasteiger partial charge on any atom is -0.364 e.